The van der Waals surface area contributed by atoms with E-state index in [1.165, 1.54) is 5.56 Å². The van der Waals surface area contributed by atoms with Gasteiger partial charge in [0.2, 0.25) is 0 Å². The fourth-order valence-corrected chi connectivity index (χ4v) is 3.18. The lowest BCUT2D eigenvalue weighted by atomic mass is 9.90. The highest BCUT2D eigenvalue weighted by Crippen LogP contribution is 2.26. The van der Waals surface area contributed by atoms with E-state index in [4.69, 9.17) is 11.6 Å². The lowest BCUT2D eigenvalue weighted by molar-refractivity contribution is -0.120. The summed E-state index contributed by atoms with van der Waals surface area (Å²) in [5.74, 6) is 0.139. The topological polar surface area (TPSA) is 46.9 Å². The summed E-state index contributed by atoms with van der Waals surface area (Å²) in [6.07, 6.45) is 1.27. The van der Waals surface area contributed by atoms with Crippen LogP contribution in [-0.4, -0.2) is 22.1 Å². The van der Waals surface area contributed by atoms with Crippen molar-refractivity contribution in [3.8, 4) is 0 Å². The highest BCUT2D eigenvalue weighted by Gasteiger charge is 2.27. The number of nitrogens with zero attached hydrogens (tertiary/aromatic N) is 2. The fraction of sp³-hybridized carbons (Fsp3) is 0.375. The van der Waals surface area contributed by atoms with Crippen molar-refractivity contribution >= 4 is 17.4 Å². The summed E-state index contributed by atoms with van der Waals surface area (Å²) >= 11 is 6.23. The smallest absolute Gasteiger partial charge is 0.158 e. The number of halogens is 1. The molecule has 1 aromatic heterocycles. The van der Waals surface area contributed by atoms with Gasteiger partial charge in [-0.2, -0.15) is 5.10 Å². The third kappa shape index (κ3) is 2.61. The second kappa shape index (κ2) is 5.62. The van der Waals surface area contributed by atoms with Crippen LogP contribution in [0.5, 0.6) is 0 Å². The lowest BCUT2D eigenvalue weighted by Crippen LogP contribution is -2.35. The number of hydrogen-bond donors (Lipinski definition) is 1. The Morgan fingerprint density at radius 2 is 2.24 bits per heavy atom. The van der Waals surface area contributed by atoms with Gasteiger partial charge in [0.1, 0.15) is 5.15 Å². The predicted molar refractivity (Wildman–Crippen MR) is 82.6 cm³/mol. The van der Waals surface area contributed by atoms with Gasteiger partial charge in [0.25, 0.3) is 0 Å². The quantitative estimate of drug-likeness (QED) is 0.947. The lowest BCUT2D eigenvalue weighted by Gasteiger charge is -2.25. The van der Waals surface area contributed by atoms with Crippen LogP contribution in [0.1, 0.15) is 28.4 Å². The predicted octanol–water partition coefficient (Wildman–Crippen LogP) is 2.38. The molecule has 0 bridgehead atoms. The van der Waals surface area contributed by atoms with Gasteiger partial charge in [-0.25, -0.2) is 0 Å². The van der Waals surface area contributed by atoms with Crippen molar-refractivity contribution in [3.63, 3.8) is 0 Å². The van der Waals surface area contributed by atoms with Crippen molar-refractivity contribution in [2.24, 2.45) is 7.05 Å². The van der Waals surface area contributed by atoms with Crippen LogP contribution >= 0.6 is 11.6 Å². The monoisotopic (exact) mass is 303 g/mol. The number of carbonyl (C=O) groups is 1. The van der Waals surface area contributed by atoms with Gasteiger partial charge in [-0.1, -0.05) is 35.9 Å². The molecule has 2 aromatic rings. The molecule has 0 amide bonds. The van der Waals surface area contributed by atoms with Crippen molar-refractivity contribution in [3.05, 3.63) is 51.8 Å². The van der Waals surface area contributed by atoms with Crippen molar-refractivity contribution in [1.29, 1.82) is 0 Å². The number of nitrogens with one attached hydrogen (secondary N) is 1. The number of rotatable bonds is 3. The Labute approximate surface area is 129 Å². The normalized spacial score (nSPS) is 17.6. The zero-order valence-electron chi connectivity index (χ0n) is 12.2. The summed E-state index contributed by atoms with van der Waals surface area (Å²) in [6, 6.07) is 7.88. The van der Waals surface area contributed by atoms with Crippen molar-refractivity contribution in [2.45, 2.75) is 25.8 Å². The van der Waals surface area contributed by atoms with Crippen molar-refractivity contribution in [2.75, 3.05) is 6.54 Å². The highest BCUT2D eigenvalue weighted by atomic mass is 35.5. The largest absolute Gasteiger partial charge is 0.303 e. The molecule has 1 aliphatic heterocycles. The van der Waals surface area contributed by atoms with Gasteiger partial charge in [0.05, 0.1) is 11.7 Å². The summed E-state index contributed by atoms with van der Waals surface area (Å²) in [5.41, 5.74) is 3.99. The summed E-state index contributed by atoms with van der Waals surface area (Å²) in [5, 5.41) is 8.13. The van der Waals surface area contributed by atoms with Gasteiger partial charge in [0.15, 0.2) is 5.78 Å². The standard InChI is InChI=1S/C16H18ClN3O/c1-10-13(16(17)20(2)19-10)9-14(21)15-12-6-4-3-5-11(12)7-8-18-15/h3-6,15,18H,7-9H2,1-2H3. The van der Waals surface area contributed by atoms with E-state index in [0.717, 1.165) is 29.8 Å². The molecule has 5 heteroatoms. The van der Waals surface area contributed by atoms with Gasteiger partial charge in [-0.05, 0) is 24.5 Å². The van der Waals surface area contributed by atoms with Gasteiger partial charge in [0, 0.05) is 25.6 Å². The van der Waals surface area contributed by atoms with Crippen LogP contribution in [0.15, 0.2) is 24.3 Å². The number of aromatic nitrogens is 2. The SMILES string of the molecule is Cc1nn(C)c(Cl)c1CC(=O)C1NCCc2ccccc21. The van der Waals surface area contributed by atoms with E-state index in [9.17, 15) is 4.79 Å². The summed E-state index contributed by atoms with van der Waals surface area (Å²) in [4.78, 5) is 12.7. The number of fused-ring (bicyclic) bond motifs is 1. The molecule has 1 atom stereocenters. The summed E-state index contributed by atoms with van der Waals surface area (Å²) in [7, 11) is 1.79. The Morgan fingerprint density at radius 1 is 1.48 bits per heavy atom. The van der Waals surface area contributed by atoms with Crippen molar-refractivity contribution in [1.82, 2.24) is 15.1 Å². The molecule has 0 aliphatic carbocycles. The fourth-order valence-electron chi connectivity index (χ4n) is 2.94. The molecule has 0 radical (unpaired) electrons. The van der Waals surface area contributed by atoms with E-state index in [2.05, 4.69) is 16.5 Å². The van der Waals surface area contributed by atoms with Crippen LogP contribution in [0.3, 0.4) is 0 Å². The van der Waals surface area contributed by atoms with Crippen LogP contribution in [0, 0.1) is 6.92 Å². The number of carbonyl (C=O) groups excluding carboxylic acids is 1. The third-order valence-electron chi connectivity index (χ3n) is 4.05. The Bertz CT molecular complexity index is 693. The van der Waals surface area contributed by atoms with Crippen LogP contribution < -0.4 is 5.32 Å². The Morgan fingerprint density at radius 3 is 2.95 bits per heavy atom. The number of hydrogen-bond acceptors (Lipinski definition) is 3. The second-order valence-corrected chi connectivity index (χ2v) is 5.82. The summed E-state index contributed by atoms with van der Waals surface area (Å²) < 4.78 is 1.61. The van der Waals surface area contributed by atoms with E-state index in [-0.39, 0.29) is 11.8 Å². The molecule has 3 rings (SSSR count). The van der Waals surface area contributed by atoms with E-state index >= 15 is 0 Å². The van der Waals surface area contributed by atoms with Gasteiger partial charge >= 0.3 is 0 Å². The molecular formula is C16H18ClN3O. The van der Waals surface area contributed by atoms with Gasteiger partial charge < -0.3 is 5.32 Å². The third-order valence-corrected chi connectivity index (χ3v) is 4.52. The molecule has 4 nitrogen and oxygen atoms in total. The Balaban J connectivity index is 1.87. The first-order valence-corrected chi connectivity index (χ1v) is 7.47. The second-order valence-electron chi connectivity index (χ2n) is 5.46. The Hall–Kier alpha value is -1.65. The van der Waals surface area contributed by atoms with Gasteiger partial charge in [-0.15, -0.1) is 0 Å². The van der Waals surface area contributed by atoms with E-state index in [1.54, 1.807) is 11.7 Å². The number of benzene rings is 1. The number of aryl methyl sites for hydroxylation is 2. The molecule has 1 aromatic carbocycles. The van der Waals surface area contributed by atoms with Crippen LogP contribution in [0.4, 0.5) is 0 Å². The average molecular weight is 304 g/mol. The van der Waals surface area contributed by atoms with Crippen LogP contribution in [0.25, 0.3) is 0 Å². The molecule has 2 heterocycles. The molecule has 0 spiro atoms. The van der Waals surface area contributed by atoms with Gasteiger partial charge in [-0.3, -0.25) is 9.48 Å². The molecule has 110 valence electrons. The zero-order chi connectivity index (χ0) is 15.0. The average Bonchev–Trinajstić information content (AvgIpc) is 2.73. The molecular weight excluding hydrogens is 286 g/mol. The van der Waals surface area contributed by atoms with Crippen LogP contribution in [-0.2, 0) is 24.7 Å². The molecule has 1 aliphatic rings. The first-order valence-electron chi connectivity index (χ1n) is 7.10. The molecule has 1 unspecified atom stereocenters. The number of Topliss-reactive ketones (excluding diaryl/α,β-unsaturated/α-hetero) is 1. The zero-order valence-corrected chi connectivity index (χ0v) is 12.9. The Kier molecular flexibility index (Phi) is 3.83. The maximum atomic E-state index is 12.7. The first kappa shape index (κ1) is 14.3. The van der Waals surface area contributed by atoms with E-state index in [1.807, 2.05) is 25.1 Å². The maximum Gasteiger partial charge on any atom is 0.158 e. The van der Waals surface area contributed by atoms with E-state index < -0.39 is 0 Å². The highest BCUT2D eigenvalue weighted by molar-refractivity contribution is 6.30. The molecule has 21 heavy (non-hydrogen) atoms. The maximum absolute atomic E-state index is 12.7. The minimum Gasteiger partial charge on any atom is -0.303 e. The first-order chi connectivity index (χ1) is 10.1. The molecule has 0 saturated carbocycles. The minimum absolute atomic E-state index is 0.139. The molecule has 0 saturated heterocycles. The van der Waals surface area contributed by atoms with E-state index in [0.29, 0.717) is 11.6 Å². The minimum atomic E-state index is -0.245. The van der Waals surface area contributed by atoms with Crippen LogP contribution in [0.2, 0.25) is 5.15 Å². The summed E-state index contributed by atoms with van der Waals surface area (Å²) in [6.45, 7) is 2.71. The molecule has 1 N–H and O–H groups in total. The molecule has 0 fully saturated rings. The number of ketones is 1. The van der Waals surface area contributed by atoms with Crippen molar-refractivity contribution < 1.29 is 4.79 Å².